The summed E-state index contributed by atoms with van der Waals surface area (Å²) in [6.07, 6.45) is 4.63. The largest absolute Gasteiger partial charge is 0.504 e. The van der Waals surface area contributed by atoms with Gasteiger partial charge in [0.1, 0.15) is 0 Å². The van der Waals surface area contributed by atoms with Crippen LogP contribution in [0.2, 0.25) is 0 Å². The summed E-state index contributed by atoms with van der Waals surface area (Å²) in [6, 6.07) is 10.8. The fourth-order valence-electron chi connectivity index (χ4n) is 6.82. The average molecular weight is 602 g/mol. The SMILES string of the molecule is CCc1ccc(N2C(=O)C3CC=C4C(c5cc(Br)cc(OC)c5O)C5=C(CC4C3C2=O)C(=O)C=C(C)C5=O)cc1. The molecule has 40 heavy (non-hydrogen) atoms. The highest BCUT2D eigenvalue weighted by Gasteiger charge is 2.57. The van der Waals surface area contributed by atoms with E-state index in [1.165, 1.54) is 18.1 Å². The van der Waals surface area contributed by atoms with E-state index in [4.69, 9.17) is 4.74 Å². The van der Waals surface area contributed by atoms with Gasteiger partial charge in [-0.2, -0.15) is 0 Å². The number of aryl methyl sites for hydroxylation is 1. The summed E-state index contributed by atoms with van der Waals surface area (Å²) in [7, 11) is 1.44. The number of ether oxygens (including phenoxy) is 1. The first-order chi connectivity index (χ1) is 19.2. The summed E-state index contributed by atoms with van der Waals surface area (Å²) in [4.78, 5) is 55.8. The van der Waals surface area contributed by atoms with Crippen molar-refractivity contribution in [3.63, 3.8) is 0 Å². The molecule has 1 aliphatic heterocycles. The van der Waals surface area contributed by atoms with Crippen molar-refractivity contribution in [1.82, 2.24) is 0 Å². The van der Waals surface area contributed by atoms with Gasteiger partial charge < -0.3 is 9.84 Å². The third-order valence-electron chi connectivity index (χ3n) is 8.77. The van der Waals surface area contributed by atoms with E-state index < -0.39 is 23.7 Å². The lowest BCUT2D eigenvalue weighted by atomic mass is 9.59. The molecule has 1 N–H and O–H groups in total. The number of ketones is 2. The van der Waals surface area contributed by atoms with E-state index in [-0.39, 0.29) is 41.3 Å². The maximum Gasteiger partial charge on any atom is 0.238 e. The molecule has 8 heteroatoms. The number of imide groups is 1. The van der Waals surface area contributed by atoms with Crippen LogP contribution in [0.15, 0.2) is 75.3 Å². The molecule has 204 valence electrons. The van der Waals surface area contributed by atoms with Crippen LogP contribution in [0.25, 0.3) is 0 Å². The molecule has 7 nitrogen and oxygen atoms in total. The molecule has 3 aliphatic carbocycles. The predicted octanol–water partition coefficient (Wildman–Crippen LogP) is 5.36. The fourth-order valence-corrected chi connectivity index (χ4v) is 7.28. The second-order valence-electron chi connectivity index (χ2n) is 10.8. The van der Waals surface area contributed by atoms with Crippen molar-refractivity contribution in [2.24, 2.45) is 17.8 Å². The first kappa shape index (κ1) is 26.4. The summed E-state index contributed by atoms with van der Waals surface area (Å²) < 4.78 is 6.03. The Kier molecular flexibility index (Phi) is 6.41. The highest BCUT2D eigenvalue weighted by Crippen LogP contribution is 2.57. The second kappa shape index (κ2) is 9.70. The number of carbonyl (C=O) groups excluding carboxylic acids is 4. The van der Waals surface area contributed by atoms with E-state index in [0.29, 0.717) is 38.9 Å². The van der Waals surface area contributed by atoms with Gasteiger partial charge in [-0.15, -0.1) is 0 Å². The van der Waals surface area contributed by atoms with E-state index in [2.05, 4.69) is 15.9 Å². The number of benzene rings is 2. The Bertz CT molecular complexity index is 1600. The van der Waals surface area contributed by atoms with Crippen LogP contribution in [0.3, 0.4) is 0 Å². The van der Waals surface area contributed by atoms with E-state index in [9.17, 15) is 24.3 Å². The summed E-state index contributed by atoms with van der Waals surface area (Å²) in [6.45, 7) is 3.65. The number of halogens is 1. The zero-order valence-electron chi connectivity index (χ0n) is 22.4. The zero-order chi connectivity index (χ0) is 28.5. The molecule has 1 heterocycles. The molecule has 0 spiro atoms. The number of anilines is 1. The van der Waals surface area contributed by atoms with Crippen molar-refractivity contribution in [3.8, 4) is 11.5 Å². The van der Waals surface area contributed by atoms with Gasteiger partial charge in [-0.1, -0.05) is 46.6 Å². The molecule has 2 aromatic carbocycles. The minimum atomic E-state index is -0.762. The summed E-state index contributed by atoms with van der Waals surface area (Å²) in [5.41, 5.74) is 3.82. The van der Waals surface area contributed by atoms with E-state index in [1.54, 1.807) is 31.2 Å². The lowest BCUT2D eigenvalue weighted by Crippen LogP contribution is -2.39. The van der Waals surface area contributed by atoms with Crippen LogP contribution in [0.5, 0.6) is 11.5 Å². The highest BCUT2D eigenvalue weighted by atomic mass is 79.9. The van der Waals surface area contributed by atoms with Crippen molar-refractivity contribution >= 4 is 45.0 Å². The minimum absolute atomic E-state index is 0.134. The Balaban J connectivity index is 1.50. The lowest BCUT2D eigenvalue weighted by Gasteiger charge is -2.42. The van der Waals surface area contributed by atoms with Crippen LogP contribution >= 0.6 is 15.9 Å². The number of carbonyl (C=O) groups is 4. The molecule has 4 unspecified atom stereocenters. The molecular formula is C32H28BrNO6. The molecular weight excluding hydrogens is 574 g/mol. The molecule has 1 saturated heterocycles. The van der Waals surface area contributed by atoms with E-state index in [0.717, 1.165) is 17.6 Å². The zero-order valence-corrected chi connectivity index (χ0v) is 23.9. The number of hydrogen-bond acceptors (Lipinski definition) is 6. The van der Waals surface area contributed by atoms with Gasteiger partial charge in [0.25, 0.3) is 0 Å². The predicted molar refractivity (Wildman–Crippen MR) is 152 cm³/mol. The number of phenolic OH excluding ortho intramolecular Hbond substituents is 1. The Morgan fingerprint density at radius 3 is 2.45 bits per heavy atom. The van der Waals surface area contributed by atoms with Gasteiger partial charge in [-0.05, 0) is 68.0 Å². The Labute approximate surface area is 240 Å². The van der Waals surface area contributed by atoms with Crippen molar-refractivity contribution in [2.75, 3.05) is 12.0 Å². The third kappa shape index (κ3) is 3.84. The molecule has 0 bridgehead atoms. The minimum Gasteiger partial charge on any atom is -0.504 e. The van der Waals surface area contributed by atoms with Gasteiger partial charge in [-0.25, -0.2) is 0 Å². The van der Waals surface area contributed by atoms with Gasteiger partial charge in [0.15, 0.2) is 23.1 Å². The smallest absolute Gasteiger partial charge is 0.238 e. The maximum atomic E-state index is 14.0. The number of nitrogens with zero attached hydrogens (tertiary/aromatic N) is 1. The summed E-state index contributed by atoms with van der Waals surface area (Å²) >= 11 is 3.48. The fraction of sp³-hybridized carbons (Fsp3) is 0.312. The van der Waals surface area contributed by atoms with Crippen molar-refractivity contribution in [2.45, 2.75) is 39.0 Å². The standard InChI is InChI=1S/C32H28BrNO6/c1-4-16-5-7-18(8-6-16)34-31(38)20-10-9-19-21(27(20)32(34)39)14-22-24(35)11-15(2)29(36)28(22)26(19)23-12-17(33)13-25(40-3)30(23)37/h5-9,11-13,20-21,26-27,37H,4,10,14H2,1-3H3. The van der Waals surface area contributed by atoms with Crippen LogP contribution in [-0.2, 0) is 25.6 Å². The van der Waals surface area contributed by atoms with Crippen LogP contribution in [-0.4, -0.2) is 35.6 Å². The quantitative estimate of drug-likeness (QED) is 0.288. The maximum absolute atomic E-state index is 14.0. The molecule has 2 amide bonds. The number of allylic oxidation sites excluding steroid dienone is 6. The monoisotopic (exact) mass is 601 g/mol. The van der Waals surface area contributed by atoms with Crippen LogP contribution in [0.4, 0.5) is 5.69 Å². The van der Waals surface area contributed by atoms with Crippen molar-refractivity contribution < 1.29 is 29.0 Å². The lowest BCUT2D eigenvalue weighted by molar-refractivity contribution is -0.123. The number of methoxy groups -OCH3 is 1. The van der Waals surface area contributed by atoms with Crippen molar-refractivity contribution in [1.29, 1.82) is 0 Å². The molecule has 0 aromatic heterocycles. The normalized spacial score (nSPS) is 25.9. The molecule has 0 saturated carbocycles. The average Bonchev–Trinajstić information content (AvgIpc) is 3.21. The molecule has 1 fully saturated rings. The van der Waals surface area contributed by atoms with Gasteiger partial charge >= 0.3 is 0 Å². The Morgan fingerprint density at radius 1 is 1.05 bits per heavy atom. The number of phenols is 1. The topological polar surface area (TPSA) is 101 Å². The van der Waals surface area contributed by atoms with Gasteiger partial charge in [0.2, 0.25) is 11.8 Å². The number of rotatable bonds is 4. The molecule has 0 radical (unpaired) electrons. The number of aromatic hydroxyl groups is 1. The summed E-state index contributed by atoms with van der Waals surface area (Å²) in [5, 5.41) is 11.2. The Morgan fingerprint density at radius 2 is 1.77 bits per heavy atom. The van der Waals surface area contributed by atoms with Crippen LogP contribution in [0.1, 0.15) is 43.7 Å². The van der Waals surface area contributed by atoms with Gasteiger partial charge in [0, 0.05) is 32.7 Å². The first-order valence-corrected chi connectivity index (χ1v) is 14.2. The number of amides is 2. The van der Waals surface area contributed by atoms with Gasteiger partial charge in [0.05, 0.1) is 24.6 Å². The highest BCUT2D eigenvalue weighted by molar-refractivity contribution is 9.10. The van der Waals surface area contributed by atoms with Crippen LogP contribution < -0.4 is 9.64 Å². The molecule has 6 rings (SSSR count). The number of fused-ring (bicyclic) bond motifs is 3. The molecule has 4 atom stereocenters. The molecule has 4 aliphatic rings. The summed E-state index contributed by atoms with van der Waals surface area (Å²) in [5.74, 6) is -3.48. The van der Waals surface area contributed by atoms with Crippen LogP contribution in [0, 0.1) is 17.8 Å². The third-order valence-corrected chi connectivity index (χ3v) is 9.23. The second-order valence-corrected chi connectivity index (χ2v) is 11.7. The number of hydrogen-bond donors (Lipinski definition) is 1. The molecule has 2 aromatic rings. The first-order valence-electron chi connectivity index (χ1n) is 13.4. The van der Waals surface area contributed by atoms with E-state index in [1.807, 2.05) is 25.1 Å². The van der Waals surface area contributed by atoms with Crippen molar-refractivity contribution in [3.05, 3.63) is 86.4 Å². The number of Topliss-reactive ketones (excluding diaryl/α,β-unsaturated/α-hetero) is 1. The Hall–Kier alpha value is -3.78. The van der Waals surface area contributed by atoms with E-state index >= 15 is 0 Å². The van der Waals surface area contributed by atoms with Gasteiger partial charge in [-0.3, -0.25) is 24.1 Å².